The number of amides is 2. The molecule has 0 bridgehead atoms. The summed E-state index contributed by atoms with van der Waals surface area (Å²) in [5.41, 5.74) is 0. The van der Waals surface area contributed by atoms with Crippen molar-refractivity contribution in [3.05, 3.63) is 0 Å². The number of carbonyl (C=O) groups excluding carboxylic acids is 2. The maximum Gasteiger partial charge on any atom is 0.312 e. The third-order valence-electron chi connectivity index (χ3n) is 2.28. The fourth-order valence-corrected chi connectivity index (χ4v) is 1.29. The molecular weight excluding hydrogens is 180 g/mol. The van der Waals surface area contributed by atoms with Crippen molar-refractivity contribution in [3.8, 4) is 0 Å². The Hall–Kier alpha value is -1.06. The molecule has 82 valence electrons. The Bertz CT molecular complexity index is 174. The van der Waals surface area contributed by atoms with Gasteiger partial charge in [-0.3, -0.25) is 9.59 Å². The van der Waals surface area contributed by atoms with Gasteiger partial charge in [-0.15, -0.1) is 0 Å². The first-order valence-electron chi connectivity index (χ1n) is 5.20. The predicted octanol–water partition coefficient (Wildman–Crippen LogP) is 0.723. The van der Waals surface area contributed by atoms with Crippen LogP contribution in [0.4, 0.5) is 0 Å². The van der Waals surface area contributed by atoms with Gasteiger partial charge in [0, 0.05) is 26.2 Å². The van der Waals surface area contributed by atoms with Gasteiger partial charge < -0.3 is 9.80 Å². The highest BCUT2D eigenvalue weighted by Gasteiger charge is 2.23. The van der Waals surface area contributed by atoms with E-state index in [-0.39, 0.29) is 0 Å². The van der Waals surface area contributed by atoms with E-state index in [0.717, 1.165) is 0 Å². The predicted molar refractivity (Wildman–Crippen MR) is 55.9 cm³/mol. The molecule has 0 aliphatic carbocycles. The summed E-state index contributed by atoms with van der Waals surface area (Å²) in [4.78, 5) is 26.3. The summed E-state index contributed by atoms with van der Waals surface area (Å²) in [6.45, 7) is 9.83. The highest BCUT2D eigenvalue weighted by Crippen LogP contribution is 1.96. The highest BCUT2D eigenvalue weighted by molar-refractivity contribution is 6.34. The van der Waals surface area contributed by atoms with Crippen molar-refractivity contribution < 1.29 is 9.59 Å². The quantitative estimate of drug-likeness (QED) is 0.627. The molecule has 2 amide bonds. The van der Waals surface area contributed by atoms with Crippen LogP contribution in [0.15, 0.2) is 0 Å². The van der Waals surface area contributed by atoms with Gasteiger partial charge in [0.25, 0.3) is 0 Å². The molecule has 0 unspecified atom stereocenters. The van der Waals surface area contributed by atoms with Gasteiger partial charge in [0.1, 0.15) is 0 Å². The van der Waals surface area contributed by atoms with E-state index in [1.807, 2.05) is 27.7 Å². The molecule has 14 heavy (non-hydrogen) atoms. The van der Waals surface area contributed by atoms with Crippen LogP contribution < -0.4 is 0 Å². The molecular formula is C10H20N2O2. The zero-order valence-corrected chi connectivity index (χ0v) is 9.54. The normalized spacial score (nSPS) is 9.71. The van der Waals surface area contributed by atoms with Gasteiger partial charge in [-0.2, -0.15) is 0 Å². The topological polar surface area (TPSA) is 40.6 Å². The van der Waals surface area contributed by atoms with E-state index in [4.69, 9.17) is 0 Å². The lowest BCUT2D eigenvalue weighted by Crippen LogP contribution is -2.45. The van der Waals surface area contributed by atoms with Gasteiger partial charge in [-0.05, 0) is 27.7 Å². The number of likely N-dealkylation sites (N-methyl/N-ethyl adjacent to an activating group) is 2. The van der Waals surface area contributed by atoms with Gasteiger partial charge in [-0.1, -0.05) is 0 Å². The van der Waals surface area contributed by atoms with Crippen molar-refractivity contribution in [3.63, 3.8) is 0 Å². The lowest BCUT2D eigenvalue weighted by Gasteiger charge is -2.23. The average molecular weight is 200 g/mol. The summed E-state index contributed by atoms with van der Waals surface area (Å²) in [6, 6.07) is 0. The average Bonchev–Trinajstić information content (AvgIpc) is 2.21. The van der Waals surface area contributed by atoms with E-state index in [2.05, 4.69) is 0 Å². The molecule has 0 spiro atoms. The molecule has 0 aromatic heterocycles. The lowest BCUT2D eigenvalue weighted by atomic mass is 10.4. The molecule has 0 aromatic carbocycles. The van der Waals surface area contributed by atoms with Gasteiger partial charge in [0.2, 0.25) is 0 Å². The van der Waals surface area contributed by atoms with E-state index < -0.39 is 11.8 Å². The fourth-order valence-electron chi connectivity index (χ4n) is 1.29. The molecule has 4 heteroatoms. The van der Waals surface area contributed by atoms with Crippen LogP contribution in [-0.4, -0.2) is 47.8 Å². The van der Waals surface area contributed by atoms with Gasteiger partial charge in [0.15, 0.2) is 0 Å². The molecule has 0 aliphatic rings. The molecule has 0 rings (SSSR count). The minimum absolute atomic E-state index is 0.390. The Morgan fingerprint density at radius 3 is 1.07 bits per heavy atom. The smallest absolute Gasteiger partial charge is 0.312 e. The molecule has 0 aliphatic heterocycles. The minimum Gasteiger partial charge on any atom is -0.335 e. The summed E-state index contributed by atoms with van der Waals surface area (Å²) in [6.07, 6.45) is 0. The molecule has 4 nitrogen and oxygen atoms in total. The minimum atomic E-state index is -0.390. The Balaban J connectivity index is 4.43. The number of nitrogens with zero attached hydrogens (tertiary/aromatic N) is 2. The van der Waals surface area contributed by atoms with Crippen molar-refractivity contribution in [2.24, 2.45) is 0 Å². The second kappa shape index (κ2) is 6.40. The first kappa shape index (κ1) is 12.9. The molecule has 0 saturated heterocycles. The Labute approximate surface area is 85.9 Å². The van der Waals surface area contributed by atoms with Crippen LogP contribution in [0, 0.1) is 0 Å². The van der Waals surface area contributed by atoms with E-state index in [1.54, 1.807) is 9.80 Å². The zero-order chi connectivity index (χ0) is 11.1. The second-order valence-electron chi connectivity index (χ2n) is 2.95. The molecule has 0 fully saturated rings. The van der Waals surface area contributed by atoms with E-state index in [0.29, 0.717) is 26.2 Å². The SMILES string of the molecule is CCN(CC)C(=O)C(=O)N(CC)CC. The largest absolute Gasteiger partial charge is 0.335 e. The number of hydrogen-bond acceptors (Lipinski definition) is 2. The molecule has 0 atom stereocenters. The third-order valence-corrected chi connectivity index (χ3v) is 2.28. The van der Waals surface area contributed by atoms with E-state index in [9.17, 15) is 9.59 Å². The Kier molecular flexibility index (Phi) is 5.92. The number of hydrogen-bond donors (Lipinski definition) is 0. The first-order chi connectivity index (χ1) is 6.62. The van der Waals surface area contributed by atoms with Crippen molar-refractivity contribution in [1.82, 2.24) is 9.80 Å². The standard InChI is InChI=1S/C10H20N2O2/c1-5-11(6-2)9(13)10(14)12(7-3)8-4/h5-8H2,1-4H3. The first-order valence-corrected chi connectivity index (χ1v) is 5.20. The van der Waals surface area contributed by atoms with Crippen molar-refractivity contribution in [2.45, 2.75) is 27.7 Å². The molecule has 0 saturated carbocycles. The molecule has 0 N–H and O–H groups in total. The number of rotatable bonds is 4. The highest BCUT2D eigenvalue weighted by atomic mass is 16.2. The van der Waals surface area contributed by atoms with Gasteiger partial charge >= 0.3 is 11.8 Å². The molecule has 0 heterocycles. The van der Waals surface area contributed by atoms with Crippen LogP contribution in [0.5, 0.6) is 0 Å². The van der Waals surface area contributed by atoms with Crippen LogP contribution in [0.1, 0.15) is 27.7 Å². The summed E-state index contributed by atoms with van der Waals surface area (Å²) in [7, 11) is 0. The Morgan fingerprint density at radius 2 is 0.929 bits per heavy atom. The van der Waals surface area contributed by atoms with Crippen LogP contribution in [0.2, 0.25) is 0 Å². The van der Waals surface area contributed by atoms with Gasteiger partial charge in [-0.25, -0.2) is 0 Å². The van der Waals surface area contributed by atoms with E-state index in [1.165, 1.54) is 0 Å². The zero-order valence-electron chi connectivity index (χ0n) is 9.54. The van der Waals surface area contributed by atoms with Crippen LogP contribution in [-0.2, 0) is 9.59 Å². The summed E-state index contributed by atoms with van der Waals surface area (Å²) >= 11 is 0. The molecule has 0 radical (unpaired) electrons. The van der Waals surface area contributed by atoms with E-state index >= 15 is 0 Å². The number of carbonyl (C=O) groups is 2. The summed E-state index contributed by atoms with van der Waals surface area (Å²) in [5, 5.41) is 0. The summed E-state index contributed by atoms with van der Waals surface area (Å²) in [5.74, 6) is -0.780. The maximum atomic E-state index is 11.6. The monoisotopic (exact) mass is 200 g/mol. The van der Waals surface area contributed by atoms with Crippen LogP contribution in [0.25, 0.3) is 0 Å². The second-order valence-corrected chi connectivity index (χ2v) is 2.95. The Morgan fingerprint density at radius 1 is 0.714 bits per heavy atom. The van der Waals surface area contributed by atoms with Gasteiger partial charge in [0.05, 0.1) is 0 Å². The maximum absolute atomic E-state index is 11.6. The van der Waals surface area contributed by atoms with Crippen LogP contribution >= 0.6 is 0 Å². The van der Waals surface area contributed by atoms with Crippen LogP contribution in [0.3, 0.4) is 0 Å². The van der Waals surface area contributed by atoms with Crippen molar-refractivity contribution in [2.75, 3.05) is 26.2 Å². The van der Waals surface area contributed by atoms with Crippen molar-refractivity contribution in [1.29, 1.82) is 0 Å². The summed E-state index contributed by atoms with van der Waals surface area (Å²) < 4.78 is 0. The van der Waals surface area contributed by atoms with Crippen molar-refractivity contribution >= 4 is 11.8 Å². The molecule has 0 aromatic rings. The fraction of sp³-hybridized carbons (Fsp3) is 0.800. The third kappa shape index (κ3) is 3.01. The lowest BCUT2D eigenvalue weighted by molar-refractivity contribution is -0.151.